The van der Waals surface area contributed by atoms with Gasteiger partial charge in [0.15, 0.2) is 5.65 Å². The molecule has 2 fully saturated rings. The van der Waals surface area contributed by atoms with Crippen LogP contribution in [0, 0.1) is 5.92 Å². The molecule has 0 bridgehead atoms. The Hall–Kier alpha value is -2.11. The highest BCUT2D eigenvalue weighted by Crippen LogP contribution is 2.30. The number of hydrogen-bond donors (Lipinski definition) is 0. The number of pyridine rings is 1. The molecule has 0 radical (unpaired) electrons. The minimum Gasteiger partial charge on any atom is -0.341 e. The van der Waals surface area contributed by atoms with Gasteiger partial charge in [0.2, 0.25) is 11.9 Å². The van der Waals surface area contributed by atoms with Crippen LogP contribution in [0.2, 0.25) is 0 Å². The van der Waals surface area contributed by atoms with Gasteiger partial charge >= 0.3 is 0 Å². The lowest BCUT2D eigenvalue weighted by atomic mass is 9.84. The van der Waals surface area contributed by atoms with Crippen LogP contribution in [0.3, 0.4) is 0 Å². The van der Waals surface area contributed by atoms with Gasteiger partial charge in [-0.25, -0.2) is 9.97 Å². The molecule has 6 nitrogen and oxygen atoms in total. The number of rotatable bonds is 3. The molecule has 2 aliphatic rings. The fourth-order valence-corrected chi connectivity index (χ4v) is 3.87. The SMILES string of the molecule is CN(C(=O)C1CCC1)C1CCCN(c2nc3cccnc3n2C)C1. The number of likely N-dealkylation sites (N-methyl/N-ethyl adjacent to an activating group) is 1. The lowest BCUT2D eigenvalue weighted by Crippen LogP contribution is -2.51. The zero-order valence-corrected chi connectivity index (χ0v) is 14.5. The molecule has 1 saturated heterocycles. The Balaban J connectivity index is 1.53. The maximum Gasteiger partial charge on any atom is 0.225 e. The standard InChI is InChI=1S/C18H25N5O/c1-21(17(24)13-6-3-7-13)14-8-5-11-23(12-14)18-20-15-9-4-10-19-16(15)22(18)2/h4,9-10,13-14H,3,5-8,11-12H2,1-2H3. The van der Waals surface area contributed by atoms with Gasteiger partial charge in [0, 0.05) is 45.3 Å². The quantitative estimate of drug-likeness (QED) is 0.867. The summed E-state index contributed by atoms with van der Waals surface area (Å²) in [4.78, 5) is 26.0. The number of carbonyl (C=O) groups is 1. The average Bonchev–Trinajstić information content (AvgIpc) is 2.90. The maximum atomic E-state index is 12.6. The lowest BCUT2D eigenvalue weighted by Gasteiger charge is -2.40. The van der Waals surface area contributed by atoms with Crippen LogP contribution < -0.4 is 4.90 Å². The number of carbonyl (C=O) groups excluding carboxylic acids is 1. The molecule has 2 aromatic heterocycles. The predicted molar refractivity (Wildman–Crippen MR) is 93.9 cm³/mol. The average molecular weight is 327 g/mol. The number of anilines is 1. The summed E-state index contributed by atoms with van der Waals surface area (Å²) >= 11 is 0. The Labute approximate surface area is 142 Å². The molecule has 6 heteroatoms. The van der Waals surface area contributed by atoms with Crippen molar-refractivity contribution in [1.29, 1.82) is 0 Å². The van der Waals surface area contributed by atoms with Crippen LogP contribution in [0.15, 0.2) is 18.3 Å². The van der Waals surface area contributed by atoms with Crippen molar-refractivity contribution in [2.45, 2.75) is 38.1 Å². The highest BCUT2D eigenvalue weighted by atomic mass is 16.2. The Bertz CT molecular complexity index is 751. The van der Waals surface area contributed by atoms with Crippen LogP contribution in [-0.4, -0.2) is 51.5 Å². The van der Waals surface area contributed by atoms with Crippen LogP contribution >= 0.6 is 0 Å². The molecule has 0 spiro atoms. The van der Waals surface area contributed by atoms with E-state index in [-0.39, 0.29) is 12.0 Å². The largest absolute Gasteiger partial charge is 0.341 e. The molecule has 1 amide bonds. The second kappa shape index (κ2) is 6.07. The molecule has 2 aromatic rings. The van der Waals surface area contributed by atoms with E-state index in [0.717, 1.165) is 55.9 Å². The van der Waals surface area contributed by atoms with Crippen molar-refractivity contribution in [3.63, 3.8) is 0 Å². The Morgan fingerprint density at radius 1 is 1.29 bits per heavy atom. The number of hydrogen-bond acceptors (Lipinski definition) is 4. The van der Waals surface area contributed by atoms with Crippen molar-refractivity contribution in [2.24, 2.45) is 13.0 Å². The van der Waals surface area contributed by atoms with Crippen molar-refractivity contribution in [3.05, 3.63) is 18.3 Å². The number of imidazole rings is 1. The number of aryl methyl sites for hydroxylation is 1. The van der Waals surface area contributed by atoms with Crippen molar-refractivity contribution in [1.82, 2.24) is 19.4 Å². The molecule has 24 heavy (non-hydrogen) atoms. The zero-order valence-electron chi connectivity index (χ0n) is 14.5. The molecule has 4 rings (SSSR count). The third-order valence-corrected chi connectivity index (χ3v) is 5.63. The molecular weight excluding hydrogens is 302 g/mol. The van der Waals surface area contributed by atoms with Crippen LogP contribution in [-0.2, 0) is 11.8 Å². The first kappa shape index (κ1) is 15.4. The monoisotopic (exact) mass is 327 g/mol. The van der Waals surface area contributed by atoms with Crippen molar-refractivity contribution in [3.8, 4) is 0 Å². The van der Waals surface area contributed by atoms with E-state index in [4.69, 9.17) is 4.98 Å². The summed E-state index contributed by atoms with van der Waals surface area (Å²) in [7, 11) is 4.00. The molecule has 3 heterocycles. The van der Waals surface area contributed by atoms with E-state index in [1.807, 2.05) is 31.1 Å². The third kappa shape index (κ3) is 2.54. The second-order valence-electron chi connectivity index (χ2n) is 7.14. The van der Waals surface area contributed by atoms with Gasteiger partial charge < -0.3 is 9.80 Å². The lowest BCUT2D eigenvalue weighted by molar-refractivity contribution is -0.139. The van der Waals surface area contributed by atoms with Crippen molar-refractivity contribution >= 4 is 23.0 Å². The third-order valence-electron chi connectivity index (χ3n) is 5.63. The van der Waals surface area contributed by atoms with Crippen molar-refractivity contribution in [2.75, 3.05) is 25.0 Å². The van der Waals surface area contributed by atoms with Gasteiger partial charge in [-0.05, 0) is 37.8 Å². The number of piperidine rings is 1. The minimum absolute atomic E-state index is 0.269. The maximum absolute atomic E-state index is 12.6. The first-order valence-electron chi connectivity index (χ1n) is 8.94. The zero-order chi connectivity index (χ0) is 16.7. The highest BCUT2D eigenvalue weighted by molar-refractivity contribution is 5.80. The van der Waals surface area contributed by atoms with Gasteiger partial charge in [-0.3, -0.25) is 9.36 Å². The van der Waals surface area contributed by atoms with Gasteiger partial charge in [-0.2, -0.15) is 0 Å². The van der Waals surface area contributed by atoms with Crippen molar-refractivity contribution < 1.29 is 4.79 Å². The van der Waals surface area contributed by atoms with Crippen LogP contribution in [0.5, 0.6) is 0 Å². The first-order valence-corrected chi connectivity index (χ1v) is 8.94. The first-order chi connectivity index (χ1) is 11.6. The highest BCUT2D eigenvalue weighted by Gasteiger charge is 2.33. The van der Waals surface area contributed by atoms with Crippen LogP contribution in [0.25, 0.3) is 11.2 Å². The molecule has 128 valence electrons. The van der Waals surface area contributed by atoms with E-state index in [9.17, 15) is 4.79 Å². The summed E-state index contributed by atoms with van der Waals surface area (Å²) in [6.45, 7) is 1.84. The fraction of sp³-hybridized carbons (Fsp3) is 0.611. The molecule has 1 aliphatic carbocycles. The summed E-state index contributed by atoms with van der Waals surface area (Å²) in [6.07, 6.45) is 7.30. The van der Waals surface area contributed by atoms with Gasteiger partial charge in [0.05, 0.1) is 0 Å². The van der Waals surface area contributed by atoms with E-state index in [1.54, 1.807) is 6.20 Å². The summed E-state index contributed by atoms with van der Waals surface area (Å²) in [5.74, 6) is 1.56. The number of amides is 1. The normalized spacial score (nSPS) is 21.8. The van der Waals surface area contributed by atoms with Gasteiger partial charge in [-0.1, -0.05) is 6.42 Å². The predicted octanol–water partition coefficient (Wildman–Crippen LogP) is 2.20. The van der Waals surface area contributed by atoms with Gasteiger partial charge in [-0.15, -0.1) is 0 Å². The van der Waals surface area contributed by atoms with Crippen LogP contribution in [0.4, 0.5) is 5.95 Å². The van der Waals surface area contributed by atoms with Gasteiger partial charge in [0.25, 0.3) is 0 Å². The van der Waals surface area contributed by atoms with E-state index in [2.05, 4.69) is 14.5 Å². The number of fused-ring (bicyclic) bond motifs is 1. The molecule has 1 saturated carbocycles. The molecule has 0 aromatic carbocycles. The Morgan fingerprint density at radius 3 is 2.83 bits per heavy atom. The molecule has 0 N–H and O–H groups in total. The fourth-order valence-electron chi connectivity index (χ4n) is 3.87. The molecule has 1 atom stereocenters. The van der Waals surface area contributed by atoms with E-state index < -0.39 is 0 Å². The molecule has 1 aliphatic heterocycles. The van der Waals surface area contributed by atoms with E-state index in [0.29, 0.717) is 5.91 Å². The second-order valence-corrected chi connectivity index (χ2v) is 7.14. The summed E-state index contributed by atoms with van der Waals surface area (Å²) in [6, 6.07) is 4.20. The smallest absolute Gasteiger partial charge is 0.225 e. The Kier molecular flexibility index (Phi) is 3.90. The Morgan fingerprint density at radius 2 is 2.12 bits per heavy atom. The van der Waals surface area contributed by atoms with Gasteiger partial charge in [0.1, 0.15) is 5.52 Å². The minimum atomic E-state index is 0.269. The molecule has 1 unspecified atom stereocenters. The number of nitrogens with zero attached hydrogens (tertiary/aromatic N) is 5. The number of aromatic nitrogens is 3. The molecular formula is C18H25N5O. The topological polar surface area (TPSA) is 54.3 Å². The van der Waals surface area contributed by atoms with E-state index >= 15 is 0 Å². The summed E-state index contributed by atoms with van der Waals surface area (Å²) in [5.41, 5.74) is 1.84. The van der Waals surface area contributed by atoms with Crippen LogP contribution in [0.1, 0.15) is 32.1 Å². The summed E-state index contributed by atoms with van der Waals surface area (Å²) < 4.78 is 2.06. The summed E-state index contributed by atoms with van der Waals surface area (Å²) in [5, 5.41) is 0. The van der Waals surface area contributed by atoms with E-state index in [1.165, 1.54) is 6.42 Å².